The molecule has 1 aliphatic heterocycles. The minimum atomic E-state index is -1.05. The second-order valence-corrected chi connectivity index (χ2v) is 7.51. The zero-order valence-electron chi connectivity index (χ0n) is 17.2. The van der Waals surface area contributed by atoms with E-state index in [0.717, 1.165) is 5.56 Å². The van der Waals surface area contributed by atoms with E-state index in [1.807, 2.05) is 0 Å². The normalized spacial score (nSPS) is 13.4. The van der Waals surface area contributed by atoms with Crippen LogP contribution in [-0.4, -0.2) is 40.2 Å². The van der Waals surface area contributed by atoms with Gasteiger partial charge in [0.1, 0.15) is 0 Å². The minimum absolute atomic E-state index is 0.149. The molecular weight excluding hydrogens is 384 g/mol. The molecular formula is C22H22N4O4. The third kappa shape index (κ3) is 3.46. The lowest BCUT2D eigenvalue weighted by Crippen LogP contribution is -2.24. The van der Waals surface area contributed by atoms with Gasteiger partial charge in [-0.25, -0.2) is 4.98 Å². The fourth-order valence-electron chi connectivity index (χ4n) is 3.33. The molecule has 4 rings (SSSR count). The molecule has 0 unspecified atom stereocenters. The van der Waals surface area contributed by atoms with Crippen LogP contribution in [0.25, 0.3) is 11.3 Å². The third-order valence-corrected chi connectivity index (χ3v) is 5.03. The van der Waals surface area contributed by atoms with Gasteiger partial charge in [0.15, 0.2) is 5.75 Å². The Hall–Kier alpha value is -3.52. The molecule has 1 N–H and O–H groups in total. The summed E-state index contributed by atoms with van der Waals surface area (Å²) in [4.78, 5) is 27.7. The molecule has 0 radical (unpaired) electrons. The molecule has 8 heteroatoms. The van der Waals surface area contributed by atoms with Gasteiger partial charge in [-0.05, 0) is 38.1 Å². The summed E-state index contributed by atoms with van der Waals surface area (Å²) < 4.78 is 10.5. The number of nitrogens with zero attached hydrogens (tertiary/aromatic N) is 4. The molecule has 0 fully saturated rings. The van der Waals surface area contributed by atoms with Gasteiger partial charge in [0.05, 0.1) is 55.2 Å². The van der Waals surface area contributed by atoms with Crippen molar-refractivity contribution in [3.05, 3.63) is 59.7 Å². The number of fused-ring (bicyclic) bond motifs is 1. The second kappa shape index (κ2) is 7.38. The zero-order valence-corrected chi connectivity index (χ0v) is 17.2. The standard InChI is InChI=1S/C22H22N4O4/c1-22(2,28)14-8-15(11-23-10-14)26-12-18-16(21(26)27)5-6-17(25-18)13-7-19(29-3)20(30-4)24-9-13/h5-11,28H,12H2,1-4H3. The molecule has 8 nitrogen and oxygen atoms in total. The van der Waals surface area contributed by atoms with Crippen molar-refractivity contribution in [1.82, 2.24) is 15.0 Å². The maximum atomic E-state index is 12.9. The predicted octanol–water partition coefficient (Wildman–Crippen LogP) is 2.94. The van der Waals surface area contributed by atoms with Crippen LogP contribution in [0.3, 0.4) is 0 Å². The number of methoxy groups -OCH3 is 2. The van der Waals surface area contributed by atoms with Crippen LogP contribution in [0.2, 0.25) is 0 Å². The number of carbonyl (C=O) groups is 1. The number of aromatic nitrogens is 3. The number of hydrogen-bond acceptors (Lipinski definition) is 7. The van der Waals surface area contributed by atoms with Crippen molar-refractivity contribution in [2.24, 2.45) is 0 Å². The molecule has 1 amide bonds. The van der Waals surface area contributed by atoms with Crippen LogP contribution in [0, 0.1) is 0 Å². The lowest BCUT2D eigenvalue weighted by molar-refractivity contribution is 0.0781. The molecule has 0 bridgehead atoms. The molecule has 1 aliphatic rings. The Kier molecular flexibility index (Phi) is 4.87. The van der Waals surface area contributed by atoms with Crippen molar-refractivity contribution in [3.8, 4) is 22.9 Å². The number of anilines is 1. The highest BCUT2D eigenvalue weighted by molar-refractivity contribution is 6.09. The fourth-order valence-corrected chi connectivity index (χ4v) is 3.33. The van der Waals surface area contributed by atoms with Crippen molar-refractivity contribution < 1.29 is 19.4 Å². The number of pyridine rings is 3. The van der Waals surface area contributed by atoms with E-state index in [2.05, 4.69) is 15.0 Å². The molecule has 0 saturated carbocycles. The van der Waals surface area contributed by atoms with E-state index >= 15 is 0 Å². The molecule has 3 aromatic rings. The van der Waals surface area contributed by atoms with Crippen molar-refractivity contribution >= 4 is 11.6 Å². The Morgan fingerprint density at radius 3 is 2.60 bits per heavy atom. The summed E-state index contributed by atoms with van der Waals surface area (Å²) in [5.41, 5.74) is 2.85. The molecule has 0 aliphatic carbocycles. The van der Waals surface area contributed by atoms with Gasteiger partial charge in [-0.15, -0.1) is 0 Å². The first kappa shape index (κ1) is 19.8. The smallest absolute Gasteiger partial charge is 0.260 e. The van der Waals surface area contributed by atoms with Crippen LogP contribution in [0.4, 0.5) is 5.69 Å². The van der Waals surface area contributed by atoms with Gasteiger partial charge in [0.2, 0.25) is 0 Å². The summed E-state index contributed by atoms with van der Waals surface area (Å²) in [5.74, 6) is 0.747. The predicted molar refractivity (Wildman–Crippen MR) is 111 cm³/mol. The summed E-state index contributed by atoms with van der Waals surface area (Å²) in [6.45, 7) is 3.68. The van der Waals surface area contributed by atoms with E-state index in [1.54, 1.807) is 68.7 Å². The number of hydrogen-bond donors (Lipinski definition) is 1. The Bertz CT molecular complexity index is 1120. The Balaban J connectivity index is 1.67. The number of carbonyl (C=O) groups excluding carboxylic acids is 1. The lowest BCUT2D eigenvalue weighted by Gasteiger charge is -2.21. The van der Waals surface area contributed by atoms with Crippen LogP contribution < -0.4 is 14.4 Å². The molecule has 0 saturated heterocycles. The maximum absolute atomic E-state index is 12.9. The largest absolute Gasteiger partial charge is 0.491 e. The van der Waals surface area contributed by atoms with E-state index in [4.69, 9.17) is 9.47 Å². The topological polar surface area (TPSA) is 97.7 Å². The third-order valence-electron chi connectivity index (χ3n) is 5.03. The lowest BCUT2D eigenvalue weighted by atomic mass is 10.0. The Morgan fingerprint density at radius 1 is 1.10 bits per heavy atom. The SMILES string of the molecule is COc1cc(-c2ccc3c(n2)CN(c2cncc(C(C)(C)O)c2)C3=O)cnc1OC. The molecule has 0 spiro atoms. The quantitative estimate of drug-likeness (QED) is 0.696. The van der Waals surface area contributed by atoms with Crippen molar-refractivity contribution in [1.29, 1.82) is 0 Å². The van der Waals surface area contributed by atoms with Gasteiger partial charge >= 0.3 is 0 Å². The average Bonchev–Trinajstić information content (AvgIpc) is 3.08. The second-order valence-electron chi connectivity index (χ2n) is 7.51. The molecule has 3 aromatic heterocycles. The zero-order chi connectivity index (χ0) is 21.5. The van der Waals surface area contributed by atoms with Crippen LogP contribution in [-0.2, 0) is 12.1 Å². The number of rotatable bonds is 5. The van der Waals surface area contributed by atoms with Crippen LogP contribution in [0.1, 0.15) is 35.5 Å². The minimum Gasteiger partial charge on any atom is -0.491 e. The van der Waals surface area contributed by atoms with Gasteiger partial charge in [0, 0.05) is 23.5 Å². The summed E-state index contributed by atoms with van der Waals surface area (Å²) >= 11 is 0. The monoisotopic (exact) mass is 406 g/mol. The highest BCUT2D eigenvalue weighted by atomic mass is 16.5. The number of ether oxygens (including phenoxy) is 2. The molecule has 154 valence electrons. The molecule has 0 aromatic carbocycles. The Labute approximate surface area is 174 Å². The summed E-state index contributed by atoms with van der Waals surface area (Å²) in [7, 11) is 3.08. The first-order valence-electron chi connectivity index (χ1n) is 9.40. The van der Waals surface area contributed by atoms with E-state index in [9.17, 15) is 9.90 Å². The number of aliphatic hydroxyl groups is 1. The first-order valence-corrected chi connectivity index (χ1v) is 9.40. The van der Waals surface area contributed by atoms with Gasteiger partial charge in [-0.2, -0.15) is 0 Å². The summed E-state index contributed by atoms with van der Waals surface area (Å²) in [5, 5.41) is 10.3. The van der Waals surface area contributed by atoms with E-state index < -0.39 is 5.60 Å². The van der Waals surface area contributed by atoms with Crippen LogP contribution in [0.5, 0.6) is 11.6 Å². The number of amides is 1. The van der Waals surface area contributed by atoms with Gasteiger partial charge in [-0.1, -0.05) is 0 Å². The maximum Gasteiger partial charge on any atom is 0.260 e. The van der Waals surface area contributed by atoms with E-state index in [0.29, 0.717) is 46.4 Å². The van der Waals surface area contributed by atoms with Gasteiger partial charge in [-0.3, -0.25) is 14.8 Å². The van der Waals surface area contributed by atoms with Crippen LogP contribution in [0.15, 0.2) is 42.9 Å². The highest BCUT2D eigenvalue weighted by Gasteiger charge is 2.31. The van der Waals surface area contributed by atoms with Gasteiger partial charge < -0.3 is 19.5 Å². The molecule has 4 heterocycles. The molecule has 0 atom stereocenters. The fraction of sp³-hybridized carbons (Fsp3) is 0.273. The highest BCUT2D eigenvalue weighted by Crippen LogP contribution is 2.33. The van der Waals surface area contributed by atoms with Crippen molar-refractivity contribution in [2.45, 2.75) is 26.0 Å². The first-order chi connectivity index (χ1) is 14.3. The Morgan fingerprint density at radius 2 is 1.90 bits per heavy atom. The van der Waals surface area contributed by atoms with Crippen LogP contribution >= 0.6 is 0 Å². The van der Waals surface area contributed by atoms with Gasteiger partial charge in [0.25, 0.3) is 11.8 Å². The summed E-state index contributed by atoms with van der Waals surface area (Å²) in [6.07, 6.45) is 4.86. The van der Waals surface area contributed by atoms with E-state index in [1.165, 1.54) is 7.11 Å². The van der Waals surface area contributed by atoms with Crippen molar-refractivity contribution in [2.75, 3.05) is 19.1 Å². The summed E-state index contributed by atoms with van der Waals surface area (Å²) in [6, 6.07) is 7.13. The van der Waals surface area contributed by atoms with Crippen molar-refractivity contribution in [3.63, 3.8) is 0 Å². The average molecular weight is 406 g/mol. The molecule has 30 heavy (non-hydrogen) atoms. The van der Waals surface area contributed by atoms with E-state index in [-0.39, 0.29) is 5.91 Å².